The van der Waals surface area contributed by atoms with Gasteiger partial charge in [0.1, 0.15) is 11.6 Å². The topological polar surface area (TPSA) is 70.2 Å². The number of piperidine rings is 1. The van der Waals surface area contributed by atoms with Crippen molar-refractivity contribution in [3.8, 4) is 0 Å². The van der Waals surface area contributed by atoms with Crippen molar-refractivity contribution in [1.82, 2.24) is 20.2 Å². The Bertz CT molecular complexity index is 893. The van der Waals surface area contributed by atoms with Crippen LogP contribution in [0.4, 0.5) is 5.82 Å². The molecule has 30 heavy (non-hydrogen) atoms. The molecule has 7 heteroatoms. The Labute approximate surface area is 183 Å². The van der Waals surface area contributed by atoms with Crippen LogP contribution >= 0.6 is 11.6 Å². The average molecular weight is 428 g/mol. The van der Waals surface area contributed by atoms with Gasteiger partial charge in [0.05, 0.1) is 5.69 Å². The molecule has 0 aliphatic carbocycles. The van der Waals surface area contributed by atoms with Crippen LogP contribution in [-0.2, 0) is 24.2 Å². The first-order valence-electron chi connectivity index (χ1n) is 10.9. The zero-order chi connectivity index (χ0) is 21.1. The third-order valence-electron chi connectivity index (χ3n) is 6.22. The van der Waals surface area contributed by atoms with Crippen molar-refractivity contribution in [2.45, 2.75) is 45.1 Å². The van der Waals surface area contributed by atoms with E-state index in [0.29, 0.717) is 17.4 Å². The summed E-state index contributed by atoms with van der Waals surface area (Å²) in [4.78, 5) is 24.7. The number of benzene rings is 1. The highest BCUT2D eigenvalue weighted by Crippen LogP contribution is 2.30. The second-order valence-corrected chi connectivity index (χ2v) is 8.80. The highest BCUT2D eigenvalue weighted by molar-refractivity contribution is 6.30. The molecule has 0 unspecified atom stereocenters. The molecule has 0 spiro atoms. The summed E-state index contributed by atoms with van der Waals surface area (Å²) in [5.74, 6) is 2.35. The summed E-state index contributed by atoms with van der Waals surface area (Å²) in [6, 6.07) is 7.78. The van der Waals surface area contributed by atoms with Gasteiger partial charge in [0, 0.05) is 49.1 Å². The van der Waals surface area contributed by atoms with Crippen molar-refractivity contribution in [2.75, 3.05) is 32.0 Å². The lowest BCUT2D eigenvalue weighted by molar-refractivity contribution is -0.136. The number of rotatable bonds is 5. The van der Waals surface area contributed by atoms with Crippen LogP contribution < -0.4 is 10.6 Å². The maximum Gasteiger partial charge on any atom is 0.225 e. The van der Waals surface area contributed by atoms with Crippen molar-refractivity contribution in [2.24, 2.45) is 5.92 Å². The van der Waals surface area contributed by atoms with E-state index >= 15 is 0 Å². The van der Waals surface area contributed by atoms with Crippen LogP contribution in [-0.4, -0.2) is 47.5 Å². The second kappa shape index (κ2) is 9.31. The molecule has 2 aliphatic heterocycles. The van der Waals surface area contributed by atoms with Crippen molar-refractivity contribution in [3.05, 3.63) is 51.9 Å². The lowest BCUT2D eigenvalue weighted by atomic mass is 9.93. The lowest BCUT2D eigenvalue weighted by Gasteiger charge is -2.33. The Kier molecular flexibility index (Phi) is 6.54. The molecule has 2 aliphatic rings. The quantitative estimate of drug-likeness (QED) is 0.765. The number of carbonyl (C=O) groups excluding carboxylic acids is 1. The third-order valence-corrected chi connectivity index (χ3v) is 6.45. The summed E-state index contributed by atoms with van der Waals surface area (Å²) >= 11 is 6.08. The highest BCUT2D eigenvalue weighted by atomic mass is 35.5. The van der Waals surface area contributed by atoms with Crippen LogP contribution in [0.2, 0.25) is 5.02 Å². The monoisotopic (exact) mass is 427 g/mol. The number of hydrogen-bond donors (Lipinski definition) is 2. The summed E-state index contributed by atoms with van der Waals surface area (Å²) in [7, 11) is 1.93. The molecule has 1 atom stereocenters. The van der Waals surface area contributed by atoms with Gasteiger partial charge >= 0.3 is 0 Å². The van der Waals surface area contributed by atoms with Crippen LogP contribution in [0.1, 0.15) is 48.3 Å². The Hall–Kier alpha value is -2.18. The second-order valence-electron chi connectivity index (χ2n) is 8.37. The Morgan fingerprint density at radius 3 is 2.87 bits per heavy atom. The van der Waals surface area contributed by atoms with E-state index in [1.165, 1.54) is 5.56 Å². The van der Waals surface area contributed by atoms with Gasteiger partial charge in [-0.25, -0.2) is 9.97 Å². The molecule has 0 radical (unpaired) electrons. The molecule has 3 heterocycles. The van der Waals surface area contributed by atoms with E-state index in [9.17, 15) is 4.79 Å². The predicted molar refractivity (Wildman–Crippen MR) is 120 cm³/mol. The van der Waals surface area contributed by atoms with Crippen molar-refractivity contribution >= 4 is 23.3 Å². The number of halogens is 1. The molecule has 2 N–H and O–H groups in total. The molecule has 1 saturated heterocycles. The minimum absolute atomic E-state index is 0.0537. The molecule has 1 amide bonds. The van der Waals surface area contributed by atoms with Gasteiger partial charge in [-0.15, -0.1) is 0 Å². The van der Waals surface area contributed by atoms with E-state index in [2.05, 4.69) is 10.6 Å². The number of nitrogens with one attached hydrogen (secondary N) is 2. The van der Waals surface area contributed by atoms with Crippen molar-refractivity contribution in [3.63, 3.8) is 0 Å². The molecule has 0 bridgehead atoms. The van der Waals surface area contributed by atoms with Crippen LogP contribution in [0, 0.1) is 5.92 Å². The standard InChI is InChI=1S/C23H30ClN5O/c1-15(12-16-4-3-5-18(24)13-16)23(30)29-10-7-17(8-11-29)21-27-20-14-26-9-6-19(20)22(25-2)28-21/h3-5,13,15,17,26H,6-12,14H2,1-2H3,(H,25,27,28)/t15-/m0/s1. The summed E-state index contributed by atoms with van der Waals surface area (Å²) in [6.07, 6.45) is 3.49. The molecule has 6 nitrogen and oxygen atoms in total. The van der Waals surface area contributed by atoms with E-state index in [0.717, 1.165) is 68.3 Å². The van der Waals surface area contributed by atoms with E-state index in [1.54, 1.807) is 0 Å². The number of anilines is 1. The number of fused-ring (bicyclic) bond motifs is 1. The number of amides is 1. The minimum Gasteiger partial charge on any atom is -0.373 e. The van der Waals surface area contributed by atoms with Gasteiger partial charge in [0.15, 0.2) is 0 Å². The fourth-order valence-electron chi connectivity index (χ4n) is 4.54. The van der Waals surface area contributed by atoms with Gasteiger partial charge in [0.2, 0.25) is 5.91 Å². The summed E-state index contributed by atoms with van der Waals surface area (Å²) in [5.41, 5.74) is 3.46. The van der Waals surface area contributed by atoms with Crippen LogP contribution in [0.5, 0.6) is 0 Å². The zero-order valence-electron chi connectivity index (χ0n) is 17.7. The number of likely N-dealkylation sites (tertiary alicyclic amines) is 1. The molecular weight excluding hydrogens is 398 g/mol. The molecule has 160 valence electrons. The van der Waals surface area contributed by atoms with E-state index < -0.39 is 0 Å². The molecular formula is C23H30ClN5O. The molecule has 2 aromatic rings. The normalized spacial score (nSPS) is 18.0. The average Bonchev–Trinajstić information content (AvgIpc) is 2.78. The predicted octanol–water partition coefficient (Wildman–Crippen LogP) is 3.40. The Morgan fingerprint density at radius 2 is 2.13 bits per heavy atom. The molecule has 4 rings (SSSR count). The van der Waals surface area contributed by atoms with Gasteiger partial charge in [-0.3, -0.25) is 4.79 Å². The van der Waals surface area contributed by atoms with Gasteiger partial charge in [-0.05, 0) is 49.9 Å². The van der Waals surface area contributed by atoms with Gasteiger partial charge in [0.25, 0.3) is 0 Å². The highest BCUT2D eigenvalue weighted by Gasteiger charge is 2.29. The summed E-state index contributed by atoms with van der Waals surface area (Å²) in [5, 5.41) is 7.37. The number of nitrogens with zero attached hydrogens (tertiary/aromatic N) is 3. The first-order chi connectivity index (χ1) is 14.5. The minimum atomic E-state index is -0.0537. The van der Waals surface area contributed by atoms with Gasteiger partial charge < -0.3 is 15.5 Å². The first-order valence-corrected chi connectivity index (χ1v) is 11.2. The van der Waals surface area contributed by atoms with Crippen LogP contribution in [0.3, 0.4) is 0 Å². The Balaban J connectivity index is 1.38. The van der Waals surface area contributed by atoms with Gasteiger partial charge in [-0.2, -0.15) is 0 Å². The van der Waals surface area contributed by atoms with E-state index in [-0.39, 0.29) is 11.8 Å². The third kappa shape index (κ3) is 4.60. The molecule has 1 aromatic heterocycles. The maximum atomic E-state index is 13.0. The van der Waals surface area contributed by atoms with Crippen molar-refractivity contribution < 1.29 is 4.79 Å². The number of hydrogen-bond acceptors (Lipinski definition) is 5. The van der Waals surface area contributed by atoms with E-state index in [1.807, 2.05) is 43.1 Å². The first kappa shape index (κ1) is 21.1. The molecule has 0 saturated carbocycles. The summed E-state index contributed by atoms with van der Waals surface area (Å²) in [6.45, 7) is 5.30. The van der Waals surface area contributed by atoms with Crippen LogP contribution in [0.25, 0.3) is 0 Å². The SMILES string of the molecule is CNc1nc(C2CCN(C(=O)[C@@H](C)Cc3cccc(Cl)c3)CC2)nc2c1CCNC2. The maximum absolute atomic E-state index is 13.0. The zero-order valence-corrected chi connectivity index (χ0v) is 18.5. The molecule has 1 aromatic carbocycles. The van der Waals surface area contributed by atoms with Crippen LogP contribution in [0.15, 0.2) is 24.3 Å². The summed E-state index contributed by atoms with van der Waals surface area (Å²) < 4.78 is 0. The van der Waals surface area contributed by atoms with E-state index in [4.69, 9.17) is 21.6 Å². The van der Waals surface area contributed by atoms with Crippen molar-refractivity contribution in [1.29, 1.82) is 0 Å². The Morgan fingerprint density at radius 1 is 1.33 bits per heavy atom. The number of carbonyl (C=O) groups is 1. The lowest BCUT2D eigenvalue weighted by Crippen LogP contribution is -2.41. The smallest absolute Gasteiger partial charge is 0.225 e. The fraction of sp³-hybridized carbons (Fsp3) is 0.522. The molecule has 1 fully saturated rings. The largest absolute Gasteiger partial charge is 0.373 e. The fourth-order valence-corrected chi connectivity index (χ4v) is 4.76. The van der Waals surface area contributed by atoms with Gasteiger partial charge in [-0.1, -0.05) is 30.7 Å². The number of aromatic nitrogens is 2.